The second kappa shape index (κ2) is 3.84. The first-order chi connectivity index (χ1) is 6.83. The molecular formula is C11H11ClN2. The monoisotopic (exact) mass is 206 g/mol. The van der Waals surface area contributed by atoms with Gasteiger partial charge in [-0.1, -0.05) is 35.9 Å². The van der Waals surface area contributed by atoms with E-state index >= 15 is 0 Å². The molecule has 1 aliphatic rings. The van der Waals surface area contributed by atoms with E-state index in [2.05, 4.69) is 11.2 Å². The highest BCUT2D eigenvalue weighted by Crippen LogP contribution is 2.32. The van der Waals surface area contributed by atoms with Crippen molar-refractivity contribution in [2.24, 2.45) is 10.9 Å². The quantitative estimate of drug-likeness (QED) is 0.428. The molecule has 0 atom stereocenters. The minimum atomic E-state index is 0.779. The van der Waals surface area contributed by atoms with E-state index in [0.717, 1.165) is 29.0 Å². The minimum Gasteiger partial charge on any atom is -0.323 e. The van der Waals surface area contributed by atoms with Crippen molar-refractivity contribution in [3.05, 3.63) is 41.0 Å². The van der Waals surface area contributed by atoms with Crippen molar-refractivity contribution in [1.29, 1.82) is 0 Å². The molecule has 0 saturated carbocycles. The molecule has 2 nitrogen and oxygen atoms in total. The van der Waals surface area contributed by atoms with Crippen LogP contribution in [0.25, 0.3) is 5.03 Å². The lowest BCUT2D eigenvalue weighted by molar-refractivity contribution is 0.959. The molecule has 2 rings (SSSR count). The maximum atomic E-state index is 6.22. The molecule has 1 aliphatic carbocycles. The summed E-state index contributed by atoms with van der Waals surface area (Å²) in [6, 6.07) is 8.16. The second-order valence-electron chi connectivity index (χ2n) is 3.27. The highest BCUT2D eigenvalue weighted by molar-refractivity contribution is 6.50. The number of hydrogen-bond acceptors (Lipinski definition) is 2. The van der Waals surface area contributed by atoms with Crippen LogP contribution in [0.2, 0.25) is 0 Å². The van der Waals surface area contributed by atoms with Gasteiger partial charge in [0.2, 0.25) is 0 Å². The van der Waals surface area contributed by atoms with Crippen molar-refractivity contribution in [1.82, 2.24) is 0 Å². The topological polar surface area (TPSA) is 38.4 Å². The molecule has 0 amide bonds. The molecule has 0 bridgehead atoms. The summed E-state index contributed by atoms with van der Waals surface area (Å²) in [5.41, 5.74) is 3.43. The zero-order valence-electron chi connectivity index (χ0n) is 7.70. The highest BCUT2D eigenvalue weighted by atomic mass is 35.5. The second-order valence-corrected chi connectivity index (χ2v) is 3.65. The first-order valence-electron chi connectivity index (χ1n) is 4.53. The molecule has 0 aromatic heterocycles. The first kappa shape index (κ1) is 9.28. The van der Waals surface area contributed by atoms with E-state index in [-0.39, 0.29) is 0 Å². The molecule has 0 radical (unpaired) electrons. The number of nitrogens with zero attached hydrogens (tertiary/aromatic N) is 1. The third-order valence-electron chi connectivity index (χ3n) is 2.43. The Morgan fingerprint density at radius 3 is 2.86 bits per heavy atom. The summed E-state index contributed by atoms with van der Waals surface area (Å²) >= 11 is 6.22. The van der Waals surface area contributed by atoms with Gasteiger partial charge in [0.1, 0.15) is 0 Å². The summed E-state index contributed by atoms with van der Waals surface area (Å²) in [5.74, 6) is 5.12. The van der Waals surface area contributed by atoms with Crippen LogP contribution in [-0.2, 0) is 6.42 Å². The van der Waals surface area contributed by atoms with Gasteiger partial charge in [-0.25, -0.2) is 0 Å². The molecule has 2 N–H and O–H groups in total. The smallest absolute Gasteiger partial charge is 0.0529 e. The first-order valence-corrected chi connectivity index (χ1v) is 4.91. The number of hydrogen-bond donors (Lipinski definition) is 1. The van der Waals surface area contributed by atoms with Crippen LogP contribution in [0.3, 0.4) is 0 Å². The molecule has 72 valence electrons. The Balaban J connectivity index is 2.51. The number of fused-ring (bicyclic) bond motifs is 1. The predicted molar refractivity (Wildman–Crippen MR) is 60.2 cm³/mol. The maximum Gasteiger partial charge on any atom is 0.0529 e. The SMILES string of the molecule is NN=CC1=C(Cl)c2ccccc2CC1. The van der Waals surface area contributed by atoms with Gasteiger partial charge in [-0.05, 0) is 29.5 Å². The molecule has 0 spiro atoms. The summed E-state index contributed by atoms with van der Waals surface area (Å²) in [6.45, 7) is 0. The van der Waals surface area contributed by atoms with E-state index in [1.165, 1.54) is 5.56 Å². The Morgan fingerprint density at radius 2 is 2.07 bits per heavy atom. The fourth-order valence-corrected chi connectivity index (χ4v) is 2.04. The fraction of sp³-hybridized carbons (Fsp3) is 0.182. The van der Waals surface area contributed by atoms with Crippen LogP contribution in [0.4, 0.5) is 0 Å². The Hall–Kier alpha value is -1.28. The standard InChI is InChI=1S/C11H11ClN2/c12-11-9(7-14-13)6-5-8-3-1-2-4-10(8)11/h1-4,7H,5-6,13H2. The van der Waals surface area contributed by atoms with Gasteiger partial charge in [0, 0.05) is 0 Å². The van der Waals surface area contributed by atoms with Crippen LogP contribution in [0, 0.1) is 0 Å². The number of benzene rings is 1. The third-order valence-corrected chi connectivity index (χ3v) is 2.88. The van der Waals surface area contributed by atoms with Crippen LogP contribution >= 0.6 is 11.6 Å². The van der Waals surface area contributed by atoms with Crippen LogP contribution in [-0.4, -0.2) is 6.21 Å². The van der Waals surface area contributed by atoms with Gasteiger partial charge in [-0.3, -0.25) is 0 Å². The molecule has 0 fully saturated rings. The predicted octanol–water partition coefficient (Wildman–Crippen LogP) is 2.53. The van der Waals surface area contributed by atoms with E-state index in [4.69, 9.17) is 17.4 Å². The van der Waals surface area contributed by atoms with Crippen LogP contribution in [0.5, 0.6) is 0 Å². The number of rotatable bonds is 1. The minimum absolute atomic E-state index is 0.779. The molecule has 1 aromatic rings. The molecule has 1 aromatic carbocycles. The molecule has 0 unspecified atom stereocenters. The number of aryl methyl sites for hydroxylation is 1. The van der Waals surface area contributed by atoms with Crippen molar-refractivity contribution >= 4 is 22.8 Å². The lowest BCUT2D eigenvalue weighted by Crippen LogP contribution is -2.03. The summed E-state index contributed by atoms with van der Waals surface area (Å²) < 4.78 is 0. The van der Waals surface area contributed by atoms with Gasteiger partial charge in [0.25, 0.3) is 0 Å². The molecular weight excluding hydrogens is 196 g/mol. The normalized spacial score (nSPS) is 16.1. The number of halogens is 1. The van der Waals surface area contributed by atoms with E-state index in [1.807, 2.05) is 18.2 Å². The van der Waals surface area contributed by atoms with E-state index in [1.54, 1.807) is 6.21 Å². The van der Waals surface area contributed by atoms with Gasteiger partial charge in [-0.2, -0.15) is 5.10 Å². The van der Waals surface area contributed by atoms with Crippen LogP contribution < -0.4 is 5.84 Å². The average molecular weight is 207 g/mol. The molecule has 14 heavy (non-hydrogen) atoms. The lowest BCUT2D eigenvalue weighted by atomic mass is 9.92. The zero-order valence-corrected chi connectivity index (χ0v) is 8.46. The zero-order chi connectivity index (χ0) is 9.97. The Bertz CT molecular complexity index is 408. The van der Waals surface area contributed by atoms with E-state index in [9.17, 15) is 0 Å². The summed E-state index contributed by atoms with van der Waals surface area (Å²) in [4.78, 5) is 0. The number of allylic oxidation sites excluding steroid dienone is 1. The molecule has 0 heterocycles. The number of hydrazone groups is 1. The van der Waals surface area contributed by atoms with E-state index in [0.29, 0.717) is 0 Å². The van der Waals surface area contributed by atoms with Crippen molar-refractivity contribution in [2.45, 2.75) is 12.8 Å². The lowest BCUT2D eigenvalue weighted by Gasteiger charge is -2.16. The van der Waals surface area contributed by atoms with E-state index < -0.39 is 0 Å². The largest absolute Gasteiger partial charge is 0.323 e. The van der Waals surface area contributed by atoms with Crippen LogP contribution in [0.15, 0.2) is 34.9 Å². The van der Waals surface area contributed by atoms with Gasteiger partial charge in [0.05, 0.1) is 11.2 Å². The van der Waals surface area contributed by atoms with Gasteiger partial charge < -0.3 is 5.84 Å². The highest BCUT2D eigenvalue weighted by Gasteiger charge is 2.15. The van der Waals surface area contributed by atoms with Crippen LogP contribution in [0.1, 0.15) is 17.5 Å². The summed E-state index contributed by atoms with van der Waals surface area (Å²) in [7, 11) is 0. The Morgan fingerprint density at radius 1 is 1.29 bits per heavy atom. The van der Waals surface area contributed by atoms with Crippen molar-refractivity contribution in [3.8, 4) is 0 Å². The Labute approximate surface area is 88.1 Å². The fourth-order valence-electron chi connectivity index (χ4n) is 1.72. The number of nitrogens with two attached hydrogens (primary N) is 1. The van der Waals surface area contributed by atoms with Crippen molar-refractivity contribution in [2.75, 3.05) is 0 Å². The van der Waals surface area contributed by atoms with Gasteiger partial charge in [0.15, 0.2) is 0 Å². The third kappa shape index (κ3) is 1.53. The Kier molecular flexibility index (Phi) is 2.55. The molecule has 0 saturated heterocycles. The summed E-state index contributed by atoms with van der Waals surface area (Å²) in [6.07, 6.45) is 3.56. The van der Waals surface area contributed by atoms with Crippen molar-refractivity contribution < 1.29 is 0 Å². The molecule has 3 heteroatoms. The molecule has 0 aliphatic heterocycles. The summed E-state index contributed by atoms with van der Waals surface area (Å²) in [5, 5.41) is 4.29. The van der Waals surface area contributed by atoms with Gasteiger partial charge in [-0.15, -0.1) is 0 Å². The van der Waals surface area contributed by atoms with Gasteiger partial charge >= 0.3 is 0 Å². The van der Waals surface area contributed by atoms with Crippen molar-refractivity contribution in [3.63, 3.8) is 0 Å². The average Bonchev–Trinajstić information content (AvgIpc) is 2.23. The maximum absolute atomic E-state index is 6.22.